The fourth-order valence-electron chi connectivity index (χ4n) is 2.66. The Morgan fingerprint density at radius 2 is 1.84 bits per heavy atom. The molecule has 0 saturated heterocycles. The average molecular weight is 485 g/mol. The van der Waals surface area contributed by atoms with Gasteiger partial charge in [-0.1, -0.05) is 18.2 Å². The summed E-state index contributed by atoms with van der Waals surface area (Å²) in [5.74, 6) is -0.830. The van der Waals surface area contributed by atoms with Gasteiger partial charge < -0.3 is 9.73 Å². The highest BCUT2D eigenvalue weighted by Gasteiger charge is 2.15. The molecule has 0 aliphatic rings. The van der Waals surface area contributed by atoms with E-state index >= 15 is 0 Å². The number of nitrogens with one attached hydrogen (secondary N) is 2. The van der Waals surface area contributed by atoms with Crippen molar-refractivity contribution in [2.75, 3.05) is 5.32 Å². The Morgan fingerprint density at radius 1 is 1.06 bits per heavy atom. The monoisotopic (exact) mass is 484 g/mol. The average Bonchev–Trinajstić information content (AvgIpc) is 3.18. The van der Waals surface area contributed by atoms with E-state index in [1.165, 1.54) is 18.2 Å². The largest absolute Gasteiger partial charge is 0.444 e. The first-order valence-electron chi connectivity index (χ1n) is 9.01. The third-order valence-electron chi connectivity index (χ3n) is 4.33. The van der Waals surface area contributed by atoms with Crippen LogP contribution in [0.5, 0.6) is 0 Å². The number of amides is 2. The highest BCUT2D eigenvalue weighted by atomic mass is 79.9. The molecule has 3 aromatic rings. The van der Waals surface area contributed by atoms with Gasteiger partial charge in [0.2, 0.25) is 0 Å². The van der Waals surface area contributed by atoms with Crippen molar-refractivity contribution in [3.63, 3.8) is 0 Å². The molecule has 0 aliphatic carbocycles. The molecule has 10 heteroatoms. The highest BCUT2D eigenvalue weighted by molar-refractivity contribution is 9.10. The maximum Gasteiger partial charge on any atom is 0.291 e. The van der Waals surface area contributed by atoms with E-state index in [0.717, 1.165) is 0 Å². The molecule has 0 unspecified atom stereocenters. The van der Waals surface area contributed by atoms with Crippen LogP contribution in [0.15, 0.2) is 68.8 Å². The van der Waals surface area contributed by atoms with Crippen LogP contribution in [0.25, 0.3) is 0 Å². The van der Waals surface area contributed by atoms with Crippen LogP contribution in [-0.2, 0) is 0 Å². The van der Waals surface area contributed by atoms with Crippen molar-refractivity contribution in [3.8, 4) is 0 Å². The first-order chi connectivity index (χ1) is 14.7. The number of hydrazone groups is 1. The van der Waals surface area contributed by atoms with Crippen molar-refractivity contribution in [2.45, 2.75) is 13.8 Å². The van der Waals surface area contributed by atoms with Crippen LogP contribution in [0, 0.1) is 17.0 Å². The summed E-state index contributed by atoms with van der Waals surface area (Å²) in [6.07, 6.45) is 0. The summed E-state index contributed by atoms with van der Waals surface area (Å²) in [6.45, 7) is 3.28. The van der Waals surface area contributed by atoms with Crippen LogP contribution in [-0.4, -0.2) is 22.4 Å². The minimum atomic E-state index is -0.574. The fraction of sp³-hybridized carbons (Fsp3) is 0.0952. The van der Waals surface area contributed by atoms with Gasteiger partial charge in [-0.25, -0.2) is 5.43 Å². The minimum absolute atomic E-state index is 0.125. The number of carbonyl (C=O) groups is 2. The first kappa shape index (κ1) is 21.9. The van der Waals surface area contributed by atoms with E-state index < -0.39 is 16.7 Å². The number of benzene rings is 2. The van der Waals surface area contributed by atoms with Crippen molar-refractivity contribution in [3.05, 3.63) is 91.8 Å². The maximum absolute atomic E-state index is 12.3. The second kappa shape index (κ2) is 9.35. The lowest BCUT2D eigenvalue weighted by Crippen LogP contribution is -2.19. The molecule has 3 rings (SSSR count). The third kappa shape index (κ3) is 5.43. The summed E-state index contributed by atoms with van der Waals surface area (Å²) in [6, 6.07) is 14.3. The second-order valence-electron chi connectivity index (χ2n) is 6.54. The molecule has 31 heavy (non-hydrogen) atoms. The molecule has 0 radical (unpaired) electrons. The Labute approximate surface area is 185 Å². The molecular formula is C21H17BrN4O5. The predicted molar refractivity (Wildman–Crippen MR) is 118 cm³/mol. The van der Waals surface area contributed by atoms with Gasteiger partial charge in [0.1, 0.15) is 0 Å². The Balaban J connectivity index is 1.71. The number of hydrogen-bond acceptors (Lipinski definition) is 6. The van der Waals surface area contributed by atoms with Gasteiger partial charge in [0.15, 0.2) is 10.4 Å². The number of nitrogens with zero attached hydrogens (tertiary/aromatic N) is 2. The summed E-state index contributed by atoms with van der Waals surface area (Å²) in [5.41, 5.74) is 4.49. The Bertz CT molecular complexity index is 1200. The van der Waals surface area contributed by atoms with Crippen LogP contribution in [0.2, 0.25) is 0 Å². The lowest BCUT2D eigenvalue weighted by molar-refractivity contribution is -0.385. The van der Waals surface area contributed by atoms with Crippen molar-refractivity contribution in [1.82, 2.24) is 5.43 Å². The van der Waals surface area contributed by atoms with Gasteiger partial charge >= 0.3 is 0 Å². The van der Waals surface area contributed by atoms with E-state index in [9.17, 15) is 19.7 Å². The Morgan fingerprint density at radius 3 is 2.52 bits per heavy atom. The van der Waals surface area contributed by atoms with Crippen LogP contribution in [0.3, 0.4) is 0 Å². The number of carbonyl (C=O) groups excluding carboxylic acids is 2. The van der Waals surface area contributed by atoms with Gasteiger partial charge in [0.25, 0.3) is 17.5 Å². The molecule has 2 N–H and O–H groups in total. The third-order valence-corrected chi connectivity index (χ3v) is 4.75. The van der Waals surface area contributed by atoms with E-state index in [-0.39, 0.29) is 17.0 Å². The van der Waals surface area contributed by atoms with Gasteiger partial charge in [-0.2, -0.15) is 5.10 Å². The lowest BCUT2D eigenvalue weighted by Gasteiger charge is -2.07. The van der Waals surface area contributed by atoms with E-state index in [1.54, 1.807) is 50.2 Å². The zero-order valence-corrected chi connectivity index (χ0v) is 18.1. The van der Waals surface area contributed by atoms with Crippen LogP contribution < -0.4 is 10.7 Å². The van der Waals surface area contributed by atoms with E-state index in [4.69, 9.17) is 4.42 Å². The van der Waals surface area contributed by atoms with Crippen molar-refractivity contribution < 1.29 is 18.9 Å². The van der Waals surface area contributed by atoms with Crippen molar-refractivity contribution in [1.29, 1.82) is 0 Å². The van der Waals surface area contributed by atoms with Gasteiger partial charge in [0.05, 0.1) is 10.6 Å². The van der Waals surface area contributed by atoms with Crippen molar-refractivity contribution in [2.24, 2.45) is 5.10 Å². The molecule has 0 atom stereocenters. The molecule has 1 aromatic heterocycles. The van der Waals surface area contributed by atoms with Crippen molar-refractivity contribution >= 4 is 44.8 Å². The number of halogens is 1. The lowest BCUT2D eigenvalue weighted by atomic mass is 10.1. The highest BCUT2D eigenvalue weighted by Crippen LogP contribution is 2.20. The van der Waals surface area contributed by atoms with Gasteiger partial charge in [-0.15, -0.1) is 0 Å². The maximum atomic E-state index is 12.3. The topological polar surface area (TPSA) is 127 Å². The molecule has 0 fully saturated rings. The number of rotatable bonds is 6. The van der Waals surface area contributed by atoms with E-state index in [0.29, 0.717) is 27.2 Å². The molecule has 0 aliphatic heterocycles. The molecular weight excluding hydrogens is 468 g/mol. The number of aryl methyl sites for hydroxylation is 1. The molecule has 9 nitrogen and oxygen atoms in total. The molecule has 2 amide bonds. The molecule has 0 saturated carbocycles. The minimum Gasteiger partial charge on any atom is -0.444 e. The molecule has 158 valence electrons. The number of furan rings is 1. The van der Waals surface area contributed by atoms with Gasteiger partial charge in [0, 0.05) is 22.9 Å². The number of nitro benzene ring substituents is 1. The predicted octanol–water partition coefficient (Wildman–Crippen LogP) is 4.67. The van der Waals surface area contributed by atoms with Gasteiger partial charge in [-0.05, 0) is 65.7 Å². The zero-order valence-electron chi connectivity index (χ0n) is 16.5. The summed E-state index contributed by atoms with van der Waals surface area (Å²) in [7, 11) is 0. The van der Waals surface area contributed by atoms with E-state index in [1.807, 2.05) is 0 Å². The quantitative estimate of drug-likeness (QED) is 0.298. The molecule has 1 heterocycles. The Hall–Kier alpha value is -3.79. The summed E-state index contributed by atoms with van der Waals surface area (Å²) in [4.78, 5) is 35.1. The Kier molecular flexibility index (Phi) is 6.61. The van der Waals surface area contributed by atoms with Gasteiger partial charge in [-0.3, -0.25) is 19.7 Å². The molecule has 2 aromatic carbocycles. The van der Waals surface area contributed by atoms with Crippen LogP contribution in [0.1, 0.15) is 39.0 Å². The normalized spacial score (nSPS) is 11.1. The number of anilines is 1. The standard InChI is InChI=1S/C21H17BrN4O5/c1-12-6-7-15(11-17(12)26(29)30)20(27)25-24-13(2)14-4-3-5-16(10-14)23-21(28)18-8-9-19(22)31-18/h3-11H,1-2H3,(H,23,28)(H,25,27). The second-order valence-corrected chi connectivity index (χ2v) is 7.32. The number of nitro groups is 1. The van der Waals surface area contributed by atoms with Crippen LogP contribution in [0.4, 0.5) is 11.4 Å². The van der Waals surface area contributed by atoms with E-state index in [2.05, 4.69) is 31.8 Å². The smallest absolute Gasteiger partial charge is 0.291 e. The summed E-state index contributed by atoms with van der Waals surface area (Å²) < 4.78 is 5.67. The fourth-order valence-corrected chi connectivity index (χ4v) is 2.97. The number of hydrogen-bond donors (Lipinski definition) is 2. The van der Waals surface area contributed by atoms with Crippen LogP contribution >= 0.6 is 15.9 Å². The SMILES string of the molecule is CC(=NNC(=O)c1ccc(C)c([N+](=O)[O-])c1)c1cccc(NC(=O)c2ccc(Br)o2)c1. The first-order valence-corrected chi connectivity index (χ1v) is 9.80. The molecule has 0 bridgehead atoms. The molecule has 0 spiro atoms. The zero-order chi connectivity index (χ0) is 22.5. The summed E-state index contributed by atoms with van der Waals surface area (Å²) in [5, 5.41) is 17.8. The summed E-state index contributed by atoms with van der Waals surface area (Å²) >= 11 is 3.15.